The van der Waals surface area contributed by atoms with Gasteiger partial charge in [-0.05, 0) is 69.8 Å². The molecule has 0 atom stereocenters. The predicted molar refractivity (Wildman–Crippen MR) is 157 cm³/mol. The van der Waals surface area contributed by atoms with Gasteiger partial charge in [-0.15, -0.1) is 0 Å². The fourth-order valence-corrected chi connectivity index (χ4v) is 6.96. The Kier molecular flexibility index (Phi) is 7.07. The third-order valence-electron chi connectivity index (χ3n) is 8.27. The van der Waals surface area contributed by atoms with Gasteiger partial charge in [-0.25, -0.2) is 0 Å². The number of allylic oxidation sites excluding steroid dienone is 4. The van der Waals surface area contributed by atoms with Crippen molar-refractivity contribution >= 4 is 27.5 Å². The van der Waals surface area contributed by atoms with Crippen molar-refractivity contribution in [3.8, 4) is 11.5 Å². The maximum absolute atomic E-state index is 13.8. The molecule has 6 heteroatoms. The molecule has 0 N–H and O–H groups in total. The molecule has 0 saturated heterocycles. The molecule has 0 saturated carbocycles. The van der Waals surface area contributed by atoms with Gasteiger partial charge in [-0.2, -0.15) is 0 Å². The zero-order valence-corrected chi connectivity index (χ0v) is 25.6. The average Bonchev–Trinajstić information content (AvgIpc) is 2.84. The largest absolute Gasteiger partial charge is 0.493 e. The van der Waals surface area contributed by atoms with E-state index in [0.29, 0.717) is 30.9 Å². The fourth-order valence-electron chi connectivity index (χ4n) is 6.38. The molecule has 0 radical (unpaired) electrons. The smallest absolute Gasteiger partial charge is 0.175 e. The fraction of sp³-hybridized carbons (Fsp3) is 0.455. The van der Waals surface area contributed by atoms with Crippen molar-refractivity contribution in [3.63, 3.8) is 0 Å². The van der Waals surface area contributed by atoms with Gasteiger partial charge in [0.25, 0.3) is 0 Å². The lowest BCUT2D eigenvalue weighted by Gasteiger charge is -2.48. The highest BCUT2D eigenvalue weighted by molar-refractivity contribution is 9.10. The Hall–Kier alpha value is -2.86. The number of methoxy groups -OCH3 is 1. The summed E-state index contributed by atoms with van der Waals surface area (Å²) in [5, 5.41) is 0. The quantitative estimate of drug-likeness (QED) is 0.357. The van der Waals surface area contributed by atoms with Gasteiger partial charge < -0.3 is 14.4 Å². The molecule has 2 aromatic rings. The van der Waals surface area contributed by atoms with Crippen LogP contribution < -0.4 is 9.47 Å². The minimum absolute atomic E-state index is 0.122. The van der Waals surface area contributed by atoms with Crippen molar-refractivity contribution in [1.82, 2.24) is 4.90 Å². The van der Waals surface area contributed by atoms with Gasteiger partial charge in [0.2, 0.25) is 0 Å². The highest BCUT2D eigenvalue weighted by Gasteiger charge is 2.48. The topological polar surface area (TPSA) is 55.8 Å². The van der Waals surface area contributed by atoms with E-state index in [1.54, 1.807) is 7.11 Å². The predicted octanol–water partition coefficient (Wildman–Crippen LogP) is 7.66. The third kappa shape index (κ3) is 5.20. The number of rotatable bonds is 5. The standard InChI is InChI=1S/C33H38BrNO4/c1-19-8-10-20(11-9-19)18-39-31-22(34)12-21(13-27(31)38-7)28-29-23(14-32(2,3)16-25(29)36)35(6)24-15-33(4,5)17-26(37)30(24)28/h8-13,28H,14-18H2,1-7H3. The van der Waals surface area contributed by atoms with Crippen molar-refractivity contribution in [2.45, 2.75) is 72.8 Å². The van der Waals surface area contributed by atoms with E-state index < -0.39 is 5.92 Å². The number of benzene rings is 2. The summed E-state index contributed by atoms with van der Waals surface area (Å²) in [4.78, 5) is 29.7. The van der Waals surface area contributed by atoms with Gasteiger partial charge in [-0.3, -0.25) is 9.59 Å². The first-order valence-electron chi connectivity index (χ1n) is 13.6. The second-order valence-corrected chi connectivity index (χ2v) is 13.8. The van der Waals surface area contributed by atoms with Gasteiger partial charge in [0.05, 0.1) is 11.6 Å². The maximum atomic E-state index is 13.8. The Bertz CT molecular complexity index is 1360. The SMILES string of the molecule is COc1cc(C2C3=C(CC(C)(C)CC3=O)N(C)C3=C2C(=O)CC(C)(C)C3)cc(Br)c1OCc1ccc(C)cc1. The molecule has 0 unspecified atom stereocenters. The zero-order chi connectivity index (χ0) is 28.3. The van der Waals surface area contributed by atoms with Crippen LogP contribution in [0.4, 0.5) is 0 Å². The Morgan fingerprint density at radius 3 is 1.95 bits per heavy atom. The monoisotopic (exact) mass is 591 g/mol. The average molecular weight is 593 g/mol. The molecule has 1 heterocycles. The summed E-state index contributed by atoms with van der Waals surface area (Å²) in [5.41, 5.74) is 6.46. The normalized spacial score (nSPS) is 20.7. The Labute approximate surface area is 240 Å². The minimum Gasteiger partial charge on any atom is -0.493 e. The van der Waals surface area contributed by atoms with Gasteiger partial charge in [-0.1, -0.05) is 57.5 Å². The second kappa shape index (κ2) is 9.96. The molecule has 5 rings (SSSR count). The molecule has 5 nitrogen and oxygen atoms in total. The van der Waals surface area contributed by atoms with Gasteiger partial charge in [0.1, 0.15) is 6.61 Å². The van der Waals surface area contributed by atoms with Crippen molar-refractivity contribution in [1.29, 1.82) is 0 Å². The molecule has 3 aliphatic rings. The number of hydrogen-bond acceptors (Lipinski definition) is 5. The Morgan fingerprint density at radius 2 is 1.44 bits per heavy atom. The Balaban J connectivity index is 1.62. The van der Waals surface area contributed by atoms with Crippen LogP contribution in [0, 0.1) is 17.8 Å². The molecule has 0 spiro atoms. The van der Waals surface area contributed by atoms with Crippen LogP contribution >= 0.6 is 15.9 Å². The van der Waals surface area contributed by atoms with Gasteiger partial charge >= 0.3 is 0 Å². The molecule has 0 bridgehead atoms. The van der Waals surface area contributed by atoms with Crippen LogP contribution in [0.25, 0.3) is 0 Å². The molecular weight excluding hydrogens is 554 g/mol. The molecule has 1 aliphatic heterocycles. The van der Waals surface area contributed by atoms with Gasteiger partial charge in [0.15, 0.2) is 23.1 Å². The Morgan fingerprint density at radius 1 is 0.897 bits per heavy atom. The number of ether oxygens (including phenoxy) is 2. The van der Waals surface area contributed by atoms with Crippen LogP contribution in [0.5, 0.6) is 11.5 Å². The molecule has 39 heavy (non-hydrogen) atoms. The number of carbonyl (C=O) groups is 2. The number of hydrogen-bond donors (Lipinski definition) is 0. The maximum Gasteiger partial charge on any atom is 0.175 e. The molecule has 2 aliphatic carbocycles. The molecule has 0 fully saturated rings. The van der Waals surface area contributed by atoms with Crippen molar-refractivity contribution in [2.75, 3.05) is 14.2 Å². The van der Waals surface area contributed by atoms with Crippen LogP contribution in [0.2, 0.25) is 0 Å². The first-order chi connectivity index (χ1) is 18.3. The van der Waals surface area contributed by atoms with E-state index in [1.807, 2.05) is 19.2 Å². The summed E-state index contributed by atoms with van der Waals surface area (Å²) in [7, 11) is 3.65. The summed E-state index contributed by atoms with van der Waals surface area (Å²) >= 11 is 3.73. The zero-order valence-electron chi connectivity index (χ0n) is 24.0. The first-order valence-corrected chi connectivity index (χ1v) is 14.4. The van der Waals surface area contributed by atoms with Crippen molar-refractivity contribution in [3.05, 3.63) is 80.1 Å². The van der Waals surface area contributed by atoms with Crippen LogP contribution in [0.3, 0.4) is 0 Å². The van der Waals surface area contributed by atoms with E-state index in [9.17, 15) is 9.59 Å². The van der Waals surface area contributed by atoms with E-state index in [-0.39, 0.29) is 22.4 Å². The molecule has 2 aromatic carbocycles. The van der Waals surface area contributed by atoms with Crippen LogP contribution in [-0.4, -0.2) is 30.6 Å². The lowest BCUT2D eigenvalue weighted by molar-refractivity contribution is -0.119. The highest BCUT2D eigenvalue weighted by atomic mass is 79.9. The number of halogens is 1. The number of carbonyl (C=O) groups excluding carboxylic acids is 2. The van der Waals surface area contributed by atoms with Crippen LogP contribution in [0.15, 0.2) is 63.4 Å². The summed E-state index contributed by atoms with van der Waals surface area (Å²) < 4.78 is 12.8. The van der Waals surface area contributed by atoms with E-state index in [4.69, 9.17) is 9.47 Å². The summed E-state index contributed by atoms with van der Waals surface area (Å²) in [5.74, 6) is 0.996. The van der Waals surface area contributed by atoms with E-state index in [2.05, 4.69) is 79.7 Å². The van der Waals surface area contributed by atoms with Crippen molar-refractivity contribution in [2.24, 2.45) is 10.8 Å². The first kappa shape index (κ1) is 27.7. The molecular formula is C33H38BrNO4. The lowest BCUT2D eigenvalue weighted by atomic mass is 9.64. The van der Waals surface area contributed by atoms with E-state index in [1.165, 1.54) is 5.56 Å². The van der Waals surface area contributed by atoms with E-state index >= 15 is 0 Å². The number of ketones is 2. The molecule has 206 valence electrons. The summed E-state index contributed by atoms with van der Waals surface area (Å²) in [6.07, 6.45) is 2.52. The highest BCUT2D eigenvalue weighted by Crippen LogP contribution is 2.55. The van der Waals surface area contributed by atoms with Crippen LogP contribution in [-0.2, 0) is 16.2 Å². The number of aryl methyl sites for hydroxylation is 1. The van der Waals surface area contributed by atoms with Crippen LogP contribution in [0.1, 0.15) is 76.0 Å². The summed E-state index contributed by atoms with van der Waals surface area (Å²) in [6.45, 7) is 11.1. The van der Waals surface area contributed by atoms with Crippen molar-refractivity contribution < 1.29 is 19.1 Å². The lowest BCUT2D eigenvalue weighted by Crippen LogP contribution is -2.43. The van der Waals surface area contributed by atoms with Gasteiger partial charge in [0, 0.05) is 48.3 Å². The minimum atomic E-state index is -0.422. The molecule has 0 aromatic heterocycles. The number of nitrogens with zero attached hydrogens (tertiary/aromatic N) is 1. The third-order valence-corrected chi connectivity index (χ3v) is 8.86. The van der Waals surface area contributed by atoms with E-state index in [0.717, 1.165) is 51.0 Å². The second-order valence-electron chi connectivity index (χ2n) is 12.9. The molecule has 0 amide bonds. The summed E-state index contributed by atoms with van der Waals surface area (Å²) in [6, 6.07) is 12.2. The number of Topliss-reactive ketones (excluding diaryl/α,β-unsaturated/α-hetero) is 2.